The first-order chi connectivity index (χ1) is 12.4. The van der Waals surface area contributed by atoms with E-state index in [1.165, 1.54) is 0 Å². The summed E-state index contributed by atoms with van der Waals surface area (Å²) in [6, 6.07) is 14.1. The number of nitrogens with zero attached hydrogens (tertiary/aromatic N) is 2. The number of hydrogen-bond acceptors (Lipinski definition) is 4. The van der Waals surface area contributed by atoms with Crippen LogP contribution < -0.4 is 5.32 Å². The molecule has 1 aromatic heterocycles. The molecule has 5 nitrogen and oxygen atoms in total. The summed E-state index contributed by atoms with van der Waals surface area (Å²) >= 11 is 5.96. The predicted molar refractivity (Wildman–Crippen MR) is 104 cm³/mol. The van der Waals surface area contributed by atoms with E-state index in [9.17, 15) is 9.90 Å². The molecule has 0 fully saturated rings. The van der Waals surface area contributed by atoms with Gasteiger partial charge in [0.15, 0.2) is 5.82 Å². The predicted octanol–water partition coefficient (Wildman–Crippen LogP) is 4.86. The van der Waals surface area contributed by atoms with Crippen LogP contribution in [0.4, 0.5) is 5.82 Å². The average molecular weight is 370 g/mol. The molecule has 3 rings (SSSR count). The molecule has 0 radical (unpaired) electrons. The number of fused-ring (bicyclic) bond motifs is 1. The highest BCUT2D eigenvalue weighted by molar-refractivity contribution is 6.30. The van der Waals surface area contributed by atoms with Gasteiger partial charge in [-0.15, -0.1) is 0 Å². The lowest BCUT2D eigenvalue weighted by Crippen LogP contribution is -2.31. The topological polar surface area (TPSA) is 75.1 Å². The number of rotatable bonds is 6. The summed E-state index contributed by atoms with van der Waals surface area (Å²) in [7, 11) is 0. The fourth-order valence-electron chi connectivity index (χ4n) is 2.77. The van der Waals surface area contributed by atoms with Gasteiger partial charge in [0.05, 0.1) is 5.52 Å². The van der Waals surface area contributed by atoms with E-state index in [0.29, 0.717) is 23.1 Å². The van der Waals surface area contributed by atoms with Crippen molar-refractivity contribution in [3.63, 3.8) is 0 Å². The number of carboxylic acid groups (broad SMARTS) is 1. The van der Waals surface area contributed by atoms with Gasteiger partial charge >= 0.3 is 5.97 Å². The Kier molecular flexibility index (Phi) is 5.38. The second-order valence-electron chi connectivity index (χ2n) is 6.58. The van der Waals surface area contributed by atoms with Crippen molar-refractivity contribution in [3.05, 3.63) is 53.6 Å². The van der Waals surface area contributed by atoms with Gasteiger partial charge in [-0.05, 0) is 48.7 Å². The third-order valence-electron chi connectivity index (χ3n) is 4.02. The number of aliphatic carboxylic acids is 1. The van der Waals surface area contributed by atoms with Gasteiger partial charge in [-0.1, -0.05) is 37.6 Å². The van der Waals surface area contributed by atoms with E-state index in [1.54, 1.807) is 12.1 Å². The summed E-state index contributed by atoms with van der Waals surface area (Å²) in [5.74, 6) is 0.395. The minimum absolute atomic E-state index is 0.243. The van der Waals surface area contributed by atoms with E-state index in [-0.39, 0.29) is 5.92 Å². The number of carboxylic acids is 1. The largest absolute Gasteiger partial charge is 0.480 e. The van der Waals surface area contributed by atoms with Gasteiger partial charge in [0, 0.05) is 16.0 Å². The van der Waals surface area contributed by atoms with Crippen LogP contribution in [-0.2, 0) is 4.79 Å². The molecular weight excluding hydrogens is 350 g/mol. The molecule has 0 saturated carbocycles. The Morgan fingerprint density at radius 1 is 1.12 bits per heavy atom. The van der Waals surface area contributed by atoms with Crippen LogP contribution in [0.5, 0.6) is 0 Å². The molecule has 1 atom stereocenters. The monoisotopic (exact) mass is 369 g/mol. The van der Waals surface area contributed by atoms with Gasteiger partial charge in [0.2, 0.25) is 0 Å². The van der Waals surface area contributed by atoms with Crippen LogP contribution in [0.15, 0.2) is 48.5 Å². The summed E-state index contributed by atoms with van der Waals surface area (Å²) in [6.45, 7) is 3.99. The van der Waals surface area contributed by atoms with Crippen molar-refractivity contribution < 1.29 is 9.90 Å². The van der Waals surface area contributed by atoms with Gasteiger partial charge in [-0.2, -0.15) is 0 Å². The molecule has 0 aliphatic carbocycles. The number of carbonyl (C=O) groups is 1. The third-order valence-corrected chi connectivity index (χ3v) is 4.27. The van der Waals surface area contributed by atoms with Crippen molar-refractivity contribution in [1.82, 2.24) is 9.97 Å². The van der Waals surface area contributed by atoms with E-state index in [4.69, 9.17) is 11.6 Å². The van der Waals surface area contributed by atoms with E-state index in [0.717, 1.165) is 16.5 Å². The first-order valence-corrected chi connectivity index (χ1v) is 8.84. The van der Waals surface area contributed by atoms with Crippen LogP contribution >= 0.6 is 11.6 Å². The number of nitrogens with one attached hydrogen (secondary N) is 1. The van der Waals surface area contributed by atoms with Gasteiger partial charge < -0.3 is 10.4 Å². The molecule has 0 bridgehead atoms. The second-order valence-corrected chi connectivity index (χ2v) is 7.02. The average Bonchev–Trinajstić information content (AvgIpc) is 2.61. The Morgan fingerprint density at radius 3 is 2.46 bits per heavy atom. The first-order valence-electron chi connectivity index (χ1n) is 8.46. The Balaban J connectivity index is 2.07. The molecule has 0 unspecified atom stereocenters. The van der Waals surface area contributed by atoms with Crippen molar-refractivity contribution in [2.45, 2.75) is 26.3 Å². The number of para-hydroxylation sites is 1. The van der Waals surface area contributed by atoms with E-state index in [2.05, 4.69) is 15.3 Å². The summed E-state index contributed by atoms with van der Waals surface area (Å²) in [5.41, 5.74) is 1.57. The standard InChI is InChI=1S/C20H20ClN3O2/c1-12(2)11-17(20(25)26)23-19-15-5-3-4-6-16(15)22-18(24-19)13-7-9-14(21)10-8-13/h3-10,12,17H,11H2,1-2H3,(H,25,26)(H,22,23,24)/t17-/m1/s1. The van der Waals surface area contributed by atoms with Gasteiger partial charge in [0.25, 0.3) is 0 Å². The molecule has 0 aliphatic heterocycles. The number of anilines is 1. The Bertz CT molecular complexity index is 926. The number of benzene rings is 2. The molecular formula is C20H20ClN3O2. The zero-order chi connectivity index (χ0) is 18.7. The molecule has 0 saturated heterocycles. The highest BCUT2D eigenvalue weighted by atomic mass is 35.5. The first kappa shape index (κ1) is 18.1. The maximum absolute atomic E-state index is 11.6. The smallest absolute Gasteiger partial charge is 0.326 e. The van der Waals surface area contributed by atoms with Crippen LogP contribution in [0.1, 0.15) is 20.3 Å². The Labute approximate surface area is 157 Å². The van der Waals surface area contributed by atoms with Gasteiger partial charge in [-0.3, -0.25) is 0 Å². The summed E-state index contributed by atoms with van der Waals surface area (Å²) in [6.07, 6.45) is 0.504. The second kappa shape index (κ2) is 7.70. The normalized spacial score (nSPS) is 12.3. The summed E-state index contributed by atoms with van der Waals surface area (Å²) in [5, 5.41) is 14.1. The zero-order valence-corrected chi connectivity index (χ0v) is 15.4. The molecule has 2 aromatic carbocycles. The van der Waals surface area contributed by atoms with Crippen LogP contribution in [-0.4, -0.2) is 27.1 Å². The fraction of sp³-hybridized carbons (Fsp3) is 0.250. The van der Waals surface area contributed by atoms with E-state index >= 15 is 0 Å². The Hall–Kier alpha value is -2.66. The molecule has 0 aliphatic rings. The SMILES string of the molecule is CC(C)C[C@@H](Nc1nc(-c2ccc(Cl)cc2)nc2ccccc12)C(=O)O. The van der Waals surface area contributed by atoms with Crippen molar-refractivity contribution in [1.29, 1.82) is 0 Å². The summed E-state index contributed by atoms with van der Waals surface area (Å²) in [4.78, 5) is 20.9. The number of halogens is 1. The Morgan fingerprint density at radius 2 is 1.81 bits per heavy atom. The quantitative estimate of drug-likeness (QED) is 0.648. The highest BCUT2D eigenvalue weighted by Crippen LogP contribution is 2.26. The lowest BCUT2D eigenvalue weighted by Gasteiger charge is -2.18. The number of aromatic nitrogens is 2. The zero-order valence-electron chi connectivity index (χ0n) is 14.6. The third kappa shape index (κ3) is 4.11. The van der Waals surface area contributed by atoms with Crippen LogP contribution in [0, 0.1) is 5.92 Å². The van der Waals surface area contributed by atoms with E-state index in [1.807, 2.05) is 50.2 Å². The van der Waals surface area contributed by atoms with Crippen LogP contribution in [0.2, 0.25) is 5.02 Å². The van der Waals surface area contributed by atoms with Crippen LogP contribution in [0.3, 0.4) is 0 Å². The van der Waals surface area contributed by atoms with Crippen LogP contribution in [0.25, 0.3) is 22.3 Å². The van der Waals surface area contributed by atoms with E-state index < -0.39 is 12.0 Å². The fourth-order valence-corrected chi connectivity index (χ4v) is 2.90. The molecule has 1 heterocycles. The summed E-state index contributed by atoms with van der Waals surface area (Å²) < 4.78 is 0. The molecule has 2 N–H and O–H groups in total. The maximum Gasteiger partial charge on any atom is 0.326 e. The van der Waals surface area contributed by atoms with Gasteiger partial charge in [-0.25, -0.2) is 14.8 Å². The molecule has 6 heteroatoms. The van der Waals surface area contributed by atoms with Crippen molar-refractivity contribution in [2.24, 2.45) is 5.92 Å². The van der Waals surface area contributed by atoms with Gasteiger partial charge in [0.1, 0.15) is 11.9 Å². The molecule has 26 heavy (non-hydrogen) atoms. The molecule has 3 aromatic rings. The lowest BCUT2D eigenvalue weighted by atomic mass is 10.0. The highest BCUT2D eigenvalue weighted by Gasteiger charge is 2.21. The molecule has 0 amide bonds. The minimum atomic E-state index is -0.894. The molecule has 134 valence electrons. The minimum Gasteiger partial charge on any atom is -0.480 e. The molecule has 0 spiro atoms. The van der Waals surface area contributed by atoms with Crippen molar-refractivity contribution in [2.75, 3.05) is 5.32 Å². The lowest BCUT2D eigenvalue weighted by molar-refractivity contribution is -0.138. The number of hydrogen-bond donors (Lipinski definition) is 2. The van der Waals surface area contributed by atoms with Crippen molar-refractivity contribution in [3.8, 4) is 11.4 Å². The maximum atomic E-state index is 11.6. The van der Waals surface area contributed by atoms with Crippen molar-refractivity contribution >= 4 is 34.3 Å².